The fourth-order valence-corrected chi connectivity index (χ4v) is 7.55. The lowest BCUT2D eigenvalue weighted by molar-refractivity contribution is -0.116. The van der Waals surface area contributed by atoms with E-state index in [1.54, 1.807) is 18.3 Å². The standard InChI is InChI=1S/C20H25N3O6S3/c1-15-13-16(23-20(24)6-12-31(23,25)26)4-5-19(15)32(27,28)21-14-17(18-3-2-11-30-18)22-7-9-29-10-8-22/h2-5,11,13,17,21H,6-10,12,14H2,1H3. The highest BCUT2D eigenvalue weighted by molar-refractivity contribution is 7.94. The summed E-state index contributed by atoms with van der Waals surface area (Å²) in [5, 5.41) is 1.97. The minimum absolute atomic E-state index is 0.0530. The van der Waals surface area contributed by atoms with Gasteiger partial charge in [0.2, 0.25) is 26.0 Å². The molecule has 1 atom stereocenters. The molecule has 4 rings (SSSR count). The number of benzene rings is 1. The number of nitrogens with zero attached hydrogens (tertiary/aromatic N) is 2. The Hall–Kier alpha value is -1.83. The molecule has 0 saturated carbocycles. The van der Waals surface area contributed by atoms with E-state index in [1.165, 1.54) is 18.2 Å². The third kappa shape index (κ3) is 4.75. The average molecular weight is 500 g/mol. The zero-order chi connectivity index (χ0) is 22.9. The first kappa shape index (κ1) is 23.3. The minimum atomic E-state index is -3.85. The monoisotopic (exact) mass is 499 g/mol. The molecule has 12 heteroatoms. The summed E-state index contributed by atoms with van der Waals surface area (Å²) in [6.45, 7) is 4.43. The molecule has 2 aliphatic rings. The van der Waals surface area contributed by atoms with Crippen molar-refractivity contribution in [2.45, 2.75) is 24.3 Å². The van der Waals surface area contributed by atoms with Crippen LogP contribution in [0.4, 0.5) is 5.69 Å². The van der Waals surface area contributed by atoms with Crippen molar-refractivity contribution in [3.05, 3.63) is 46.2 Å². The van der Waals surface area contributed by atoms with Crippen molar-refractivity contribution < 1.29 is 26.4 Å². The molecule has 174 valence electrons. The maximum absolute atomic E-state index is 13.1. The maximum atomic E-state index is 13.1. The van der Waals surface area contributed by atoms with Crippen LogP contribution < -0.4 is 9.03 Å². The van der Waals surface area contributed by atoms with Crippen LogP contribution >= 0.6 is 11.3 Å². The number of rotatable bonds is 7. The van der Waals surface area contributed by atoms with Gasteiger partial charge in [0, 0.05) is 30.9 Å². The molecule has 1 aromatic carbocycles. The first-order valence-corrected chi connectivity index (χ1v) is 14.2. The Morgan fingerprint density at radius 1 is 1.22 bits per heavy atom. The van der Waals surface area contributed by atoms with Gasteiger partial charge in [-0.3, -0.25) is 9.69 Å². The second kappa shape index (κ2) is 9.20. The van der Waals surface area contributed by atoms with Gasteiger partial charge in [-0.2, -0.15) is 0 Å². The van der Waals surface area contributed by atoms with Crippen molar-refractivity contribution >= 4 is 43.0 Å². The van der Waals surface area contributed by atoms with Crippen LogP contribution in [-0.2, 0) is 29.6 Å². The van der Waals surface area contributed by atoms with Crippen molar-refractivity contribution in [1.29, 1.82) is 0 Å². The Balaban J connectivity index is 1.54. The lowest BCUT2D eigenvalue weighted by Crippen LogP contribution is -2.43. The lowest BCUT2D eigenvalue weighted by Gasteiger charge is -2.34. The van der Waals surface area contributed by atoms with Crippen LogP contribution in [-0.4, -0.2) is 66.2 Å². The molecule has 1 N–H and O–H groups in total. The normalized spacial score (nSPS) is 20.5. The molecule has 32 heavy (non-hydrogen) atoms. The largest absolute Gasteiger partial charge is 0.379 e. The highest BCUT2D eigenvalue weighted by atomic mass is 32.2. The Labute approximate surface area is 192 Å². The average Bonchev–Trinajstić information content (AvgIpc) is 3.36. The van der Waals surface area contributed by atoms with Gasteiger partial charge in [-0.1, -0.05) is 6.07 Å². The number of ether oxygens (including phenoxy) is 1. The number of carbonyl (C=O) groups excluding carboxylic acids is 1. The van der Waals surface area contributed by atoms with Gasteiger partial charge in [0.05, 0.1) is 35.6 Å². The molecule has 1 aromatic heterocycles. The highest BCUT2D eigenvalue weighted by Gasteiger charge is 2.36. The number of aryl methyl sites for hydroxylation is 1. The topological polar surface area (TPSA) is 113 Å². The predicted molar refractivity (Wildman–Crippen MR) is 122 cm³/mol. The molecule has 0 spiro atoms. The van der Waals surface area contributed by atoms with Crippen LogP contribution in [0.15, 0.2) is 40.6 Å². The van der Waals surface area contributed by atoms with Crippen LogP contribution in [0.2, 0.25) is 0 Å². The summed E-state index contributed by atoms with van der Waals surface area (Å²) in [6.07, 6.45) is -0.0748. The number of morpholine rings is 1. The summed E-state index contributed by atoms with van der Waals surface area (Å²) in [4.78, 5) is 15.4. The van der Waals surface area contributed by atoms with E-state index in [0.29, 0.717) is 18.8 Å². The number of thiophene rings is 1. The third-order valence-corrected chi connectivity index (χ3v) is 9.83. The van der Waals surface area contributed by atoms with Crippen LogP contribution in [0.3, 0.4) is 0 Å². The zero-order valence-electron chi connectivity index (χ0n) is 17.6. The second-order valence-corrected chi connectivity index (χ2v) is 12.4. The first-order valence-electron chi connectivity index (χ1n) is 10.2. The van der Waals surface area contributed by atoms with Gasteiger partial charge < -0.3 is 4.74 Å². The number of anilines is 1. The predicted octanol–water partition coefficient (Wildman–Crippen LogP) is 1.47. The number of hydrogen-bond acceptors (Lipinski definition) is 8. The molecule has 2 aromatic rings. The number of nitrogens with one attached hydrogen (secondary N) is 1. The molecule has 9 nitrogen and oxygen atoms in total. The number of hydrogen-bond donors (Lipinski definition) is 1. The molecule has 3 heterocycles. The molecule has 0 aliphatic carbocycles. The Morgan fingerprint density at radius 3 is 2.56 bits per heavy atom. The summed E-state index contributed by atoms with van der Waals surface area (Å²) in [5.41, 5.74) is 0.526. The number of amides is 1. The van der Waals surface area contributed by atoms with E-state index in [0.717, 1.165) is 22.3 Å². The fourth-order valence-electron chi connectivity index (χ4n) is 3.98. The summed E-state index contributed by atoms with van der Waals surface area (Å²) in [5.74, 6) is -0.750. The van der Waals surface area contributed by atoms with Gasteiger partial charge in [-0.05, 0) is 42.1 Å². The van der Waals surface area contributed by atoms with E-state index in [2.05, 4.69) is 9.62 Å². The van der Waals surface area contributed by atoms with Crippen LogP contribution in [0.5, 0.6) is 0 Å². The van der Waals surface area contributed by atoms with E-state index in [4.69, 9.17) is 4.74 Å². The highest BCUT2D eigenvalue weighted by Crippen LogP contribution is 2.29. The van der Waals surface area contributed by atoms with Crippen LogP contribution in [0.25, 0.3) is 0 Å². The second-order valence-electron chi connectivity index (χ2n) is 7.71. The first-order chi connectivity index (χ1) is 15.2. The van der Waals surface area contributed by atoms with Gasteiger partial charge in [-0.25, -0.2) is 25.9 Å². The van der Waals surface area contributed by atoms with Crippen molar-refractivity contribution in [2.24, 2.45) is 0 Å². The maximum Gasteiger partial charge on any atom is 0.242 e. The van der Waals surface area contributed by atoms with Gasteiger partial charge in [-0.15, -0.1) is 11.3 Å². The number of sulfonamides is 2. The molecule has 0 bridgehead atoms. The van der Waals surface area contributed by atoms with Gasteiger partial charge in [0.25, 0.3) is 0 Å². The molecule has 2 saturated heterocycles. The minimum Gasteiger partial charge on any atom is -0.379 e. The Morgan fingerprint density at radius 2 is 1.97 bits per heavy atom. The Kier molecular flexibility index (Phi) is 6.71. The number of carbonyl (C=O) groups is 1. The van der Waals surface area contributed by atoms with Gasteiger partial charge >= 0.3 is 0 Å². The summed E-state index contributed by atoms with van der Waals surface area (Å²) < 4.78 is 59.4. The lowest BCUT2D eigenvalue weighted by atomic mass is 10.2. The quantitative estimate of drug-likeness (QED) is 0.614. The fraction of sp³-hybridized carbons (Fsp3) is 0.450. The van der Waals surface area contributed by atoms with Crippen molar-refractivity contribution in [3.8, 4) is 0 Å². The van der Waals surface area contributed by atoms with Crippen molar-refractivity contribution in [1.82, 2.24) is 9.62 Å². The molecule has 2 aliphatic heterocycles. The van der Waals surface area contributed by atoms with Crippen molar-refractivity contribution in [2.75, 3.05) is 42.9 Å². The zero-order valence-corrected chi connectivity index (χ0v) is 20.0. The third-order valence-electron chi connectivity index (χ3n) is 5.59. The summed E-state index contributed by atoms with van der Waals surface area (Å²) in [7, 11) is -7.56. The smallest absolute Gasteiger partial charge is 0.242 e. The van der Waals surface area contributed by atoms with Crippen molar-refractivity contribution in [3.63, 3.8) is 0 Å². The van der Waals surface area contributed by atoms with Gasteiger partial charge in [0.1, 0.15) is 0 Å². The summed E-state index contributed by atoms with van der Waals surface area (Å²) in [6, 6.07) is 7.96. The molecule has 0 radical (unpaired) electrons. The van der Waals surface area contributed by atoms with E-state index in [9.17, 15) is 21.6 Å². The van der Waals surface area contributed by atoms with Gasteiger partial charge in [0.15, 0.2) is 0 Å². The molecule has 1 amide bonds. The van der Waals surface area contributed by atoms with E-state index in [-0.39, 0.29) is 35.3 Å². The van der Waals surface area contributed by atoms with E-state index in [1.807, 2.05) is 17.5 Å². The summed E-state index contributed by atoms with van der Waals surface area (Å²) >= 11 is 1.58. The SMILES string of the molecule is Cc1cc(N2C(=O)CCS2(=O)=O)ccc1S(=O)(=O)NCC(c1cccs1)N1CCOCC1. The molecule has 2 fully saturated rings. The van der Waals surface area contributed by atoms with E-state index < -0.39 is 26.0 Å². The Bertz CT molecular complexity index is 1190. The van der Waals surface area contributed by atoms with Crippen LogP contribution in [0.1, 0.15) is 22.9 Å². The molecule has 1 unspecified atom stereocenters. The van der Waals surface area contributed by atoms with E-state index >= 15 is 0 Å². The molecular formula is C20H25N3O6S3. The molecular weight excluding hydrogens is 474 g/mol. The van der Waals surface area contributed by atoms with Crippen LogP contribution in [0, 0.1) is 6.92 Å².